The standard InChI is InChI=1S/C15H17N3O3/c1-9-5-3-4-6-11(9)12(8-14(19)20)16-15(21)13-7-10(2)17-18-13/h3-7,12H,8H2,1-2H3,(H,16,21)(H,17,18)(H,19,20). The van der Waals surface area contributed by atoms with Crippen LogP contribution < -0.4 is 5.32 Å². The maximum Gasteiger partial charge on any atom is 0.305 e. The topological polar surface area (TPSA) is 95.1 Å². The van der Waals surface area contributed by atoms with Crippen molar-refractivity contribution in [1.82, 2.24) is 15.5 Å². The average molecular weight is 287 g/mol. The van der Waals surface area contributed by atoms with Crippen LogP contribution in [0.3, 0.4) is 0 Å². The van der Waals surface area contributed by atoms with Crippen LogP contribution in [0.2, 0.25) is 0 Å². The van der Waals surface area contributed by atoms with Crippen LogP contribution in [-0.2, 0) is 4.79 Å². The minimum Gasteiger partial charge on any atom is -0.481 e. The molecule has 3 N–H and O–H groups in total. The first-order valence-corrected chi connectivity index (χ1v) is 6.57. The summed E-state index contributed by atoms with van der Waals surface area (Å²) < 4.78 is 0. The van der Waals surface area contributed by atoms with Gasteiger partial charge in [0, 0.05) is 5.69 Å². The van der Waals surface area contributed by atoms with E-state index in [2.05, 4.69) is 15.5 Å². The Bertz CT molecular complexity index is 664. The van der Waals surface area contributed by atoms with Crippen LogP contribution in [0.15, 0.2) is 30.3 Å². The molecule has 0 aliphatic carbocycles. The summed E-state index contributed by atoms with van der Waals surface area (Å²) in [5, 5.41) is 18.4. The summed E-state index contributed by atoms with van der Waals surface area (Å²) in [6.07, 6.45) is -0.181. The number of carboxylic acid groups (broad SMARTS) is 1. The molecule has 6 heteroatoms. The van der Waals surface area contributed by atoms with E-state index < -0.39 is 17.9 Å². The van der Waals surface area contributed by atoms with Crippen LogP contribution >= 0.6 is 0 Å². The van der Waals surface area contributed by atoms with Gasteiger partial charge in [0.1, 0.15) is 5.69 Å². The van der Waals surface area contributed by atoms with Gasteiger partial charge in [-0.25, -0.2) is 0 Å². The number of rotatable bonds is 5. The molecule has 110 valence electrons. The van der Waals surface area contributed by atoms with Gasteiger partial charge in [-0.15, -0.1) is 0 Å². The van der Waals surface area contributed by atoms with Crippen LogP contribution in [0.4, 0.5) is 0 Å². The number of nitrogens with zero attached hydrogens (tertiary/aromatic N) is 1. The second-order valence-electron chi connectivity index (χ2n) is 4.92. The normalized spacial score (nSPS) is 11.9. The summed E-state index contributed by atoms with van der Waals surface area (Å²) in [4.78, 5) is 23.2. The highest BCUT2D eigenvalue weighted by atomic mass is 16.4. The summed E-state index contributed by atoms with van der Waals surface area (Å²) in [6, 6.07) is 8.42. The maximum absolute atomic E-state index is 12.1. The predicted molar refractivity (Wildman–Crippen MR) is 77.0 cm³/mol. The van der Waals surface area contributed by atoms with E-state index in [4.69, 9.17) is 5.11 Å². The molecular weight excluding hydrogens is 270 g/mol. The number of carbonyl (C=O) groups is 2. The fourth-order valence-electron chi connectivity index (χ4n) is 2.16. The lowest BCUT2D eigenvalue weighted by Crippen LogP contribution is -2.30. The first-order chi connectivity index (χ1) is 9.97. The predicted octanol–water partition coefficient (Wildman–Crippen LogP) is 1.97. The number of aromatic nitrogens is 2. The van der Waals surface area contributed by atoms with Gasteiger partial charge >= 0.3 is 5.97 Å². The molecule has 1 amide bonds. The third-order valence-corrected chi connectivity index (χ3v) is 3.19. The third-order valence-electron chi connectivity index (χ3n) is 3.19. The van der Waals surface area contributed by atoms with Gasteiger partial charge in [0.25, 0.3) is 5.91 Å². The van der Waals surface area contributed by atoms with Crippen molar-refractivity contribution in [3.63, 3.8) is 0 Å². The molecule has 0 aliphatic heterocycles. The van der Waals surface area contributed by atoms with Crippen molar-refractivity contribution in [2.45, 2.75) is 26.3 Å². The van der Waals surface area contributed by atoms with Gasteiger partial charge in [0.15, 0.2) is 0 Å². The van der Waals surface area contributed by atoms with Gasteiger partial charge in [-0.3, -0.25) is 14.7 Å². The van der Waals surface area contributed by atoms with Crippen molar-refractivity contribution < 1.29 is 14.7 Å². The Hall–Kier alpha value is -2.63. The van der Waals surface area contributed by atoms with Crippen molar-refractivity contribution in [3.8, 4) is 0 Å². The van der Waals surface area contributed by atoms with Crippen LogP contribution in [-0.4, -0.2) is 27.2 Å². The molecule has 1 aromatic carbocycles. The number of aliphatic carboxylic acids is 1. The number of carboxylic acids is 1. The Kier molecular flexibility index (Phi) is 4.37. The number of carbonyl (C=O) groups excluding carboxylic acids is 1. The molecule has 1 atom stereocenters. The highest BCUT2D eigenvalue weighted by molar-refractivity contribution is 5.92. The number of aromatic amines is 1. The molecule has 6 nitrogen and oxygen atoms in total. The van der Waals surface area contributed by atoms with Gasteiger partial charge in [-0.2, -0.15) is 5.10 Å². The number of hydrogen-bond donors (Lipinski definition) is 3. The number of hydrogen-bond acceptors (Lipinski definition) is 3. The lowest BCUT2D eigenvalue weighted by molar-refractivity contribution is -0.137. The average Bonchev–Trinajstić information content (AvgIpc) is 2.85. The molecule has 0 spiro atoms. The smallest absolute Gasteiger partial charge is 0.305 e. The second kappa shape index (κ2) is 6.21. The van der Waals surface area contributed by atoms with E-state index in [1.54, 1.807) is 13.0 Å². The Labute approximate surface area is 122 Å². The Morgan fingerprint density at radius 1 is 1.33 bits per heavy atom. The summed E-state index contributed by atoms with van der Waals surface area (Å²) in [5.74, 6) is -1.37. The molecule has 1 aromatic heterocycles. The summed E-state index contributed by atoms with van der Waals surface area (Å²) in [6.45, 7) is 3.68. The molecule has 0 radical (unpaired) electrons. The third kappa shape index (κ3) is 3.68. The molecule has 2 rings (SSSR count). The Morgan fingerprint density at radius 3 is 2.62 bits per heavy atom. The molecule has 1 unspecified atom stereocenters. The highest BCUT2D eigenvalue weighted by Gasteiger charge is 2.21. The van der Waals surface area contributed by atoms with E-state index in [0.717, 1.165) is 16.8 Å². The Morgan fingerprint density at radius 2 is 2.05 bits per heavy atom. The first kappa shape index (κ1) is 14.8. The zero-order valence-electron chi connectivity index (χ0n) is 11.9. The molecule has 0 saturated heterocycles. The number of aryl methyl sites for hydroxylation is 2. The van der Waals surface area contributed by atoms with Gasteiger partial charge in [0.2, 0.25) is 0 Å². The van der Waals surface area contributed by atoms with Crippen LogP contribution in [0.25, 0.3) is 0 Å². The molecule has 0 aliphatic rings. The van der Waals surface area contributed by atoms with E-state index in [0.29, 0.717) is 0 Å². The minimum absolute atomic E-state index is 0.181. The van der Waals surface area contributed by atoms with E-state index in [-0.39, 0.29) is 12.1 Å². The first-order valence-electron chi connectivity index (χ1n) is 6.57. The molecular formula is C15H17N3O3. The van der Waals surface area contributed by atoms with Crippen molar-refractivity contribution in [1.29, 1.82) is 0 Å². The van der Waals surface area contributed by atoms with Gasteiger partial charge in [-0.1, -0.05) is 24.3 Å². The van der Waals surface area contributed by atoms with Crippen molar-refractivity contribution in [3.05, 3.63) is 52.8 Å². The number of nitrogens with one attached hydrogen (secondary N) is 2. The molecule has 21 heavy (non-hydrogen) atoms. The van der Waals surface area contributed by atoms with E-state index >= 15 is 0 Å². The van der Waals surface area contributed by atoms with Crippen LogP contribution in [0, 0.1) is 13.8 Å². The largest absolute Gasteiger partial charge is 0.481 e. The monoisotopic (exact) mass is 287 g/mol. The Balaban J connectivity index is 2.23. The molecule has 0 fully saturated rings. The zero-order valence-corrected chi connectivity index (χ0v) is 11.9. The fraction of sp³-hybridized carbons (Fsp3) is 0.267. The lowest BCUT2D eigenvalue weighted by atomic mass is 9.98. The highest BCUT2D eigenvalue weighted by Crippen LogP contribution is 2.21. The quantitative estimate of drug-likeness (QED) is 0.783. The summed E-state index contributed by atoms with van der Waals surface area (Å²) in [7, 11) is 0. The lowest BCUT2D eigenvalue weighted by Gasteiger charge is -2.18. The van der Waals surface area contributed by atoms with E-state index in [9.17, 15) is 9.59 Å². The second-order valence-corrected chi connectivity index (χ2v) is 4.92. The van der Waals surface area contributed by atoms with Crippen LogP contribution in [0.5, 0.6) is 0 Å². The van der Waals surface area contributed by atoms with Gasteiger partial charge in [0.05, 0.1) is 12.5 Å². The maximum atomic E-state index is 12.1. The summed E-state index contributed by atoms with van der Waals surface area (Å²) >= 11 is 0. The zero-order chi connectivity index (χ0) is 15.4. The van der Waals surface area contributed by atoms with Crippen LogP contribution in [0.1, 0.15) is 39.8 Å². The molecule has 1 heterocycles. The van der Waals surface area contributed by atoms with Gasteiger partial charge < -0.3 is 10.4 Å². The van der Waals surface area contributed by atoms with Crippen molar-refractivity contribution >= 4 is 11.9 Å². The molecule has 0 bridgehead atoms. The van der Waals surface area contributed by atoms with Crippen molar-refractivity contribution in [2.24, 2.45) is 0 Å². The van der Waals surface area contributed by atoms with E-state index in [1.165, 1.54) is 0 Å². The van der Waals surface area contributed by atoms with Crippen molar-refractivity contribution in [2.75, 3.05) is 0 Å². The number of amides is 1. The summed E-state index contributed by atoms with van der Waals surface area (Å²) in [5.41, 5.74) is 2.74. The van der Waals surface area contributed by atoms with E-state index in [1.807, 2.05) is 31.2 Å². The molecule has 2 aromatic rings. The van der Waals surface area contributed by atoms with Gasteiger partial charge in [-0.05, 0) is 31.0 Å². The SMILES string of the molecule is Cc1cc(C(=O)NC(CC(=O)O)c2ccccc2C)n[nH]1. The number of benzene rings is 1. The fourth-order valence-corrected chi connectivity index (χ4v) is 2.16. The minimum atomic E-state index is -0.971. The number of H-pyrrole nitrogens is 1. The molecule has 0 saturated carbocycles.